The lowest BCUT2D eigenvalue weighted by Crippen LogP contribution is -2.46. The molecule has 6 rings (SSSR count). The fourth-order valence-electron chi connectivity index (χ4n) is 7.08. The summed E-state index contributed by atoms with van der Waals surface area (Å²) in [7, 11) is 0. The number of hydrogen-bond acceptors (Lipinski definition) is 7. The van der Waals surface area contributed by atoms with Gasteiger partial charge >= 0.3 is 5.97 Å². The van der Waals surface area contributed by atoms with Crippen LogP contribution in [0, 0.1) is 5.82 Å². The second kappa shape index (κ2) is 17.2. The maximum Gasteiger partial charge on any atom is 0.306 e. The number of para-hydroxylation sites is 1. The van der Waals surface area contributed by atoms with E-state index in [4.69, 9.17) is 9.47 Å². The van der Waals surface area contributed by atoms with Crippen molar-refractivity contribution in [3.63, 3.8) is 0 Å². The zero-order valence-corrected chi connectivity index (χ0v) is 31.1. The monoisotopic (exact) mass is 719 g/mol. The molecule has 2 heterocycles. The highest BCUT2D eigenvalue weighted by molar-refractivity contribution is 6.21. The molecule has 2 aliphatic heterocycles. The highest BCUT2D eigenvalue weighted by Crippen LogP contribution is 2.25. The predicted molar refractivity (Wildman–Crippen MR) is 205 cm³/mol. The Morgan fingerprint density at radius 2 is 1.32 bits per heavy atom. The summed E-state index contributed by atoms with van der Waals surface area (Å²) in [5.74, 6) is -0.0746. The van der Waals surface area contributed by atoms with Crippen molar-refractivity contribution in [1.82, 2.24) is 9.80 Å². The van der Waals surface area contributed by atoms with Crippen molar-refractivity contribution >= 4 is 23.5 Å². The summed E-state index contributed by atoms with van der Waals surface area (Å²) in [5, 5.41) is 0. The van der Waals surface area contributed by atoms with Gasteiger partial charge in [-0.25, -0.2) is 4.39 Å². The third-order valence-corrected chi connectivity index (χ3v) is 9.75. The van der Waals surface area contributed by atoms with E-state index in [1.54, 1.807) is 24.3 Å². The van der Waals surface area contributed by atoms with Crippen molar-refractivity contribution in [3.05, 3.63) is 130 Å². The number of ether oxygens (including phenoxy) is 2. The number of carbonyl (C=O) groups excluding carboxylic acids is 3. The summed E-state index contributed by atoms with van der Waals surface area (Å²) in [5.41, 5.74) is 5.71. The number of piperazine rings is 1. The quantitative estimate of drug-likeness (QED) is 0.0725. The van der Waals surface area contributed by atoms with E-state index in [1.807, 2.05) is 51.1 Å². The van der Waals surface area contributed by atoms with Crippen LogP contribution >= 0.6 is 0 Å². The Bertz CT molecular complexity index is 1860. The van der Waals surface area contributed by atoms with Gasteiger partial charge < -0.3 is 14.4 Å². The first-order valence-electron chi connectivity index (χ1n) is 18.7. The fraction of sp³-hybridized carbons (Fsp3) is 0.386. The van der Waals surface area contributed by atoms with Gasteiger partial charge in [0, 0.05) is 51.4 Å². The third kappa shape index (κ3) is 10.3. The van der Waals surface area contributed by atoms with Crippen LogP contribution in [0.2, 0.25) is 0 Å². The van der Waals surface area contributed by atoms with Gasteiger partial charge in [0.15, 0.2) is 0 Å². The molecule has 1 saturated heterocycles. The molecule has 0 aliphatic carbocycles. The molecule has 0 bridgehead atoms. The molecular formula is C44H50FN3O5. The van der Waals surface area contributed by atoms with Gasteiger partial charge in [0.05, 0.1) is 17.7 Å². The molecule has 1 fully saturated rings. The molecule has 0 aromatic heterocycles. The molecule has 4 aromatic carbocycles. The number of aryl methyl sites for hydroxylation is 3. The van der Waals surface area contributed by atoms with Crippen molar-refractivity contribution in [2.24, 2.45) is 0 Å². The smallest absolute Gasteiger partial charge is 0.306 e. The van der Waals surface area contributed by atoms with E-state index < -0.39 is 5.60 Å². The first-order valence-corrected chi connectivity index (χ1v) is 18.7. The summed E-state index contributed by atoms with van der Waals surface area (Å²) in [4.78, 5) is 44.7. The molecule has 0 N–H and O–H groups in total. The number of imide groups is 1. The maximum atomic E-state index is 13.3. The number of benzene rings is 4. The SMILES string of the molecule is CC(C)(C)OC(=O)CCc1cc(CCc2ccccc2OCCCN2CCN(c3ccc(F)cc3)CC2)cc(CCN2C(=O)c3ccccc3C2=O)c1. The second-order valence-corrected chi connectivity index (χ2v) is 14.9. The Balaban J connectivity index is 1.04. The summed E-state index contributed by atoms with van der Waals surface area (Å²) >= 11 is 0. The molecule has 2 amide bonds. The Kier molecular flexibility index (Phi) is 12.2. The lowest BCUT2D eigenvalue weighted by molar-refractivity contribution is -0.154. The number of amides is 2. The Morgan fingerprint density at radius 1 is 0.717 bits per heavy atom. The lowest BCUT2D eigenvalue weighted by atomic mass is 9.96. The number of rotatable bonds is 15. The van der Waals surface area contributed by atoms with Gasteiger partial charge in [-0.3, -0.25) is 24.2 Å². The molecule has 278 valence electrons. The summed E-state index contributed by atoms with van der Waals surface area (Å²) in [6.45, 7) is 11.2. The van der Waals surface area contributed by atoms with Gasteiger partial charge in [-0.1, -0.05) is 48.5 Å². The highest BCUT2D eigenvalue weighted by Gasteiger charge is 2.34. The molecule has 0 radical (unpaired) electrons. The molecule has 0 unspecified atom stereocenters. The van der Waals surface area contributed by atoms with Crippen LogP contribution in [0.3, 0.4) is 0 Å². The minimum absolute atomic E-state index is 0.209. The van der Waals surface area contributed by atoms with Crippen molar-refractivity contribution in [2.75, 3.05) is 50.8 Å². The minimum atomic E-state index is -0.548. The normalized spacial score (nSPS) is 14.8. The van der Waals surface area contributed by atoms with Crippen molar-refractivity contribution in [3.8, 4) is 5.75 Å². The van der Waals surface area contributed by atoms with Crippen molar-refractivity contribution in [2.45, 2.75) is 64.9 Å². The fourth-order valence-corrected chi connectivity index (χ4v) is 7.08. The Labute approximate surface area is 312 Å². The summed E-state index contributed by atoms with van der Waals surface area (Å²) in [6, 6.07) is 28.2. The zero-order valence-electron chi connectivity index (χ0n) is 31.1. The molecule has 0 atom stereocenters. The van der Waals surface area contributed by atoms with Gasteiger partial charge in [0.25, 0.3) is 11.8 Å². The van der Waals surface area contributed by atoms with Crippen LogP contribution in [0.25, 0.3) is 0 Å². The average Bonchev–Trinajstić information content (AvgIpc) is 3.39. The number of hydrogen-bond donors (Lipinski definition) is 0. The Hall–Kier alpha value is -5.02. The second-order valence-electron chi connectivity index (χ2n) is 14.9. The van der Waals surface area contributed by atoms with Crippen molar-refractivity contribution in [1.29, 1.82) is 0 Å². The standard InChI is InChI=1S/C44H50FN3O5/c1-44(2,3)53-41(49)20-14-33-29-32(30-34(31-33)21-23-48-42(50)38-10-5-6-11-39(38)43(48)51)13-15-35-9-4-7-12-40(35)52-28-8-22-46-24-26-47(27-25-46)37-18-16-36(45)17-19-37/h4-7,9-12,16-19,29-31H,8,13-15,20-28H2,1-3H3. The maximum absolute atomic E-state index is 13.3. The molecule has 4 aromatic rings. The van der Waals surface area contributed by atoms with E-state index in [9.17, 15) is 18.8 Å². The first kappa shape index (κ1) is 37.7. The molecule has 0 saturated carbocycles. The van der Waals surface area contributed by atoms with Crippen LogP contribution in [0.15, 0.2) is 91.0 Å². The number of carbonyl (C=O) groups is 3. The predicted octanol–water partition coefficient (Wildman–Crippen LogP) is 7.32. The number of fused-ring (bicyclic) bond motifs is 1. The third-order valence-electron chi connectivity index (χ3n) is 9.75. The van der Waals surface area contributed by atoms with E-state index >= 15 is 0 Å². The lowest BCUT2D eigenvalue weighted by Gasteiger charge is -2.36. The molecule has 53 heavy (non-hydrogen) atoms. The van der Waals surface area contributed by atoms with Crippen LogP contribution in [-0.2, 0) is 35.2 Å². The van der Waals surface area contributed by atoms with E-state index in [1.165, 1.54) is 17.0 Å². The average molecular weight is 720 g/mol. The van der Waals surface area contributed by atoms with E-state index in [0.29, 0.717) is 30.6 Å². The van der Waals surface area contributed by atoms with Crippen LogP contribution < -0.4 is 9.64 Å². The minimum Gasteiger partial charge on any atom is -0.493 e. The first-order chi connectivity index (χ1) is 25.5. The van der Waals surface area contributed by atoms with Gasteiger partial charge in [0.2, 0.25) is 0 Å². The van der Waals surface area contributed by atoms with E-state index in [2.05, 4.69) is 34.1 Å². The molecular weight excluding hydrogens is 669 g/mol. The van der Waals surface area contributed by atoms with E-state index in [0.717, 1.165) is 85.7 Å². The number of halogens is 1. The van der Waals surface area contributed by atoms with Gasteiger partial charge in [-0.2, -0.15) is 0 Å². The number of anilines is 1. The van der Waals surface area contributed by atoms with E-state index in [-0.39, 0.29) is 36.6 Å². The van der Waals surface area contributed by atoms with Crippen molar-refractivity contribution < 1.29 is 28.2 Å². The molecule has 9 heteroatoms. The van der Waals surface area contributed by atoms with Gasteiger partial charge in [-0.05, 0) is 118 Å². The topological polar surface area (TPSA) is 79.4 Å². The van der Waals surface area contributed by atoms with Gasteiger partial charge in [0.1, 0.15) is 17.2 Å². The highest BCUT2D eigenvalue weighted by atomic mass is 19.1. The zero-order chi connectivity index (χ0) is 37.4. The van der Waals surface area contributed by atoms with Crippen LogP contribution in [0.4, 0.5) is 10.1 Å². The summed E-state index contributed by atoms with van der Waals surface area (Å²) < 4.78 is 25.2. The number of nitrogens with zero attached hydrogens (tertiary/aromatic N) is 3. The molecule has 2 aliphatic rings. The van der Waals surface area contributed by atoms with Crippen LogP contribution in [0.5, 0.6) is 5.75 Å². The number of esters is 1. The molecule has 0 spiro atoms. The molecule has 8 nitrogen and oxygen atoms in total. The van der Waals surface area contributed by atoms with Crippen LogP contribution in [0.1, 0.15) is 76.6 Å². The summed E-state index contributed by atoms with van der Waals surface area (Å²) in [6.07, 6.45) is 3.76. The van der Waals surface area contributed by atoms with Crippen LogP contribution in [-0.4, -0.2) is 79.1 Å². The largest absolute Gasteiger partial charge is 0.493 e. The Morgan fingerprint density at radius 3 is 1.98 bits per heavy atom. The van der Waals surface area contributed by atoms with Gasteiger partial charge in [-0.15, -0.1) is 0 Å².